The summed E-state index contributed by atoms with van der Waals surface area (Å²) in [5, 5.41) is 20.6. The summed E-state index contributed by atoms with van der Waals surface area (Å²) in [6.07, 6.45) is 0. The van der Waals surface area contributed by atoms with Crippen LogP contribution in [0.4, 0.5) is 20.7 Å². The lowest BCUT2D eigenvalue weighted by atomic mass is 10.3. The van der Waals surface area contributed by atoms with E-state index >= 15 is 0 Å². The monoisotopic (exact) mass is 412 g/mol. The Kier molecular flexibility index (Phi) is 5.24. The van der Waals surface area contributed by atoms with Gasteiger partial charge in [0.15, 0.2) is 11.5 Å². The number of ether oxygens (including phenoxy) is 1. The molecular formula is C14H14BrFN6O3. The summed E-state index contributed by atoms with van der Waals surface area (Å²) in [5.41, 5.74) is 0.494. The maximum Gasteiger partial charge on any atom is 0.323 e. The van der Waals surface area contributed by atoms with Gasteiger partial charge in [0.2, 0.25) is 5.82 Å². The van der Waals surface area contributed by atoms with E-state index in [1.165, 1.54) is 18.2 Å². The van der Waals surface area contributed by atoms with Crippen LogP contribution in [-0.2, 0) is 4.74 Å². The van der Waals surface area contributed by atoms with Crippen molar-refractivity contribution in [1.29, 1.82) is 5.41 Å². The number of carbonyl (C=O) groups excluding carboxylic acids is 1. The number of hydrogen-bond acceptors (Lipinski definition) is 6. The molecule has 0 radical (unpaired) electrons. The number of nitrogens with zero attached hydrogens (tertiary/aromatic N) is 3. The fourth-order valence-corrected chi connectivity index (χ4v) is 2.54. The van der Waals surface area contributed by atoms with Gasteiger partial charge in [0.1, 0.15) is 5.82 Å². The van der Waals surface area contributed by atoms with Crippen molar-refractivity contribution in [2.75, 3.05) is 36.9 Å². The Morgan fingerprint density at radius 3 is 2.76 bits per heavy atom. The van der Waals surface area contributed by atoms with Crippen molar-refractivity contribution >= 4 is 39.3 Å². The lowest BCUT2D eigenvalue weighted by Crippen LogP contribution is -2.43. The van der Waals surface area contributed by atoms with Crippen LogP contribution in [0.3, 0.4) is 0 Å². The second-order valence-electron chi connectivity index (χ2n) is 5.12. The summed E-state index contributed by atoms with van der Waals surface area (Å²) in [6, 6.07) is 3.82. The van der Waals surface area contributed by atoms with Crippen LogP contribution < -0.4 is 10.6 Å². The summed E-state index contributed by atoms with van der Waals surface area (Å²) in [6.45, 7) is 1.86. The molecule has 2 amide bonds. The molecule has 0 bridgehead atoms. The molecule has 1 fully saturated rings. The number of rotatable bonds is 3. The van der Waals surface area contributed by atoms with E-state index in [0.29, 0.717) is 32.0 Å². The molecular weight excluding hydrogens is 399 g/mol. The minimum atomic E-state index is -0.418. The molecule has 0 unspecified atom stereocenters. The Balaban J connectivity index is 1.68. The summed E-state index contributed by atoms with van der Waals surface area (Å²) in [7, 11) is 0. The third-order valence-corrected chi connectivity index (χ3v) is 4.05. The summed E-state index contributed by atoms with van der Waals surface area (Å²) in [4.78, 5) is 13.8. The number of anilines is 2. The molecule has 132 valence electrons. The molecule has 1 aromatic heterocycles. The van der Waals surface area contributed by atoms with Crippen molar-refractivity contribution in [2.45, 2.75) is 0 Å². The molecule has 3 N–H and O–H groups in total. The second kappa shape index (κ2) is 7.57. The number of morpholine rings is 1. The SMILES string of the molecule is N=C(Nc1ccc(F)c(Br)c1)c1nonc1NC(=O)N1CCOCC1. The standard InChI is InChI=1S/C14H14BrFN6O3/c15-9-7-8(1-2-10(9)16)18-12(17)11-13(21-25-20-11)19-14(23)22-3-5-24-6-4-22/h1-2,7H,3-6H2,(H2,17,18)(H,19,21,23). The predicted octanol–water partition coefficient (Wildman–Crippen LogP) is 2.27. The van der Waals surface area contributed by atoms with Crippen molar-refractivity contribution in [1.82, 2.24) is 15.2 Å². The molecule has 2 aromatic rings. The van der Waals surface area contributed by atoms with Crippen LogP contribution in [0.25, 0.3) is 0 Å². The minimum Gasteiger partial charge on any atom is -0.378 e. The van der Waals surface area contributed by atoms with Gasteiger partial charge in [-0.2, -0.15) is 0 Å². The molecule has 11 heteroatoms. The third kappa shape index (κ3) is 4.12. The molecule has 0 aliphatic carbocycles. The maximum absolute atomic E-state index is 13.3. The van der Waals surface area contributed by atoms with Crippen LogP contribution in [0.5, 0.6) is 0 Å². The van der Waals surface area contributed by atoms with E-state index in [1.54, 1.807) is 4.90 Å². The molecule has 9 nitrogen and oxygen atoms in total. The molecule has 1 saturated heterocycles. The van der Waals surface area contributed by atoms with Crippen LogP contribution in [0.15, 0.2) is 27.3 Å². The smallest absolute Gasteiger partial charge is 0.323 e. The Hall–Kier alpha value is -2.53. The largest absolute Gasteiger partial charge is 0.378 e. The lowest BCUT2D eigenvalue weighted by molar-refractivity contribution is 0.0564. The van der Waals surface area contributed by atoms with Crippen molar-refractivity contribution in [2.24, 2.45) is 0 Å². The zero-order valence-electron chi connectivity index (χ0n) is 12.9. The Labute approximate surface area is 150 Å². The molecule has 1 aliphatic rings. The Morgan fingerprint density at radius 1 is 1.28 bits per heavy atom. The van der Waals surface area contributed by atoms with Crippen molar-refractivity contribution in [3.63, 3.8) is 0 Å². The topological polar surface area (TPSA) is 116 Å². The van der Waals surface area contributed by atoms with Gasteiger partial charge in [-0.05, 0) is 44.4 Å². The second-order valence-corrected chi connectivity index (χ2v) is 5.97. The highest BCUT2D eigenvalue weighted by molar-refractivity contribution is 9.10. The van der Waals surface area contributed by atoms with Gasteiger partial charge in [-0.3, -0.25) is 10.7 Å². The summed E-state index contributed by atoms with van der Waals surface area (Å²) >= 11 is 3.07. The van der Waals surface area contributed by atoms with Crippen LogP contribution in [0, 0.1) is 11.2 Å². The highest BCUT2D eigenvalue weighted by Crippen LogP contribution is 2.21. The first-order chi connectivity index (χ1) is 12.0. The van der Waals surface area contributed by atoms with Crippen LogP contribution in [0.1, 0.15) is 5.69 Å². The zero-order chi connectivity index (χ0) is 17.8. The lowest BCUT2D eigenvalue weighted by Gasteiger charge is -2.26. The maximum atomic E-state index is 13.3. The molecule has 1 aliphatic heterocycles. The van der Waals surface area contributed by atoms with E-state index in [4.69, 9.17) is 10.1 Å². The number of amidine groups is 1. The number of halogens is 2. The van der Waals surface area contributed by atoms with Crippen LogP contribution >= 0.6 is 15.9 Å². The summed E-state index contributed by atoms with van der Waals surface area (Å²) < 4.78 is 23.3. The zero-order valence-corrected chi connectivity index (χ0v) is 14.5. The Bertz CT molecular complexity index is 793. The van der Waals surface area contributed by atoms with Crippen LogP contribution in [0.2, 0.25) is 0 Å². The average molecular weight is 413 g/mol. The van der Waals surface area contributed by atoms with Gasteiger partial charge in [0.05, 0.1) is 17.7 Å². The fourth-order valence-electron chi connectivity index (χ4n) is 2.16. The van der Waals surface area contributed by atoms with E-state index in [0.717, 1.165) is 0 Å². The van der Waals surface area contributed by atoms with E-state index in [9.17, 15) is 9.18 Å². The van der Waals surface area contributed by atoms with Crippen LogP contribution in [-0.4, -0.2) is 53.4 Å². The highest BCUT2D eigenvalue weighted by Gasteiger charge is 2.22. The number of carbonyl (C=O) groups is 1. The first-order valence-corrected chi connectivity index (χ1v) is 8.11. The van der Waals surface area contributed by atoms with Gasteiger partial charge in [-0.15, -0.1) is 0 Å². The molecule has 1 aromatic carbocycles. The number of benzene rings is 1. The highest BCUT2D eigenvalue weighted by atomic mass is 79.9. The van der Waals surface area contributed by atoms with Gasteiger partial charge in [0, 0.05) is 18.8 Å². The number of urea groups is 1. The van der Waals surface area contributed by atoms with E-state index in [1.807, 2.05) is 0 Å². The van der Waals surface area contributed by atoms with E-state index in [-0.39, 0.29) is 27.9 Å². The van der Waals surface area contributed by atoms with Gasteiger partial charge >= 0.3 is 6.03 Å². The van der Waals surface area contributed by atoms with E-state index in [2.05, 4.69) is 41.5 Å². The van der Waals surface area contributed by atoms with Gasteiger partial charge < -0.3 is 15.0 Å². The summed E-state index contributed by atoms with van der Waals surface area (Å²) in [5.74, 6) is -0.550. The number of aromatic nitrogens is 2. The molecule has 0 saturated carbocycles. The van der Waals surface area contributed by atoms with Gasteiger partial charge in [-0.25, -0.2) is 13.8 Å². The Morgan fingerprint density at radius 2 is 2.04 bits per heavy atom. The average Bonchev–Trinajstić information content (AvgIpc) is 3.07. The molecule has 3 rings (SSSR count). The predicted molar refractivity (Wildman–Crippen MR) is 90.3 cm³/mol. The molecule has 25 heavy (non-hydrogen) atoms. The normalized spacial score (nSPS) is 14.2. The molecule has 0 spiro atoms. The first kappa shape index (κ1) is 17.3. The minimum absolute atomic E-state index is 0.0233. The molecule has 2 heterocycles. The van der Waals surface area contributed by atoms with E-state index < -0.39 is 5.82 Å². The van der Waals surface area contributed by atoms with Gasteiger partial charge in [0.25, 0.3) is 0 Å². The van der Waals surface area contributed by atoms with Crippen molar-refractivity contribution < 1.29 is 18.6 Å². The number of nitrogens with one attached hydrogen (secondary N) is 3. The fraction of sp³-hybridized carbons (Fsp3) is 0.286. The van der Waals surface area contributed by atoms with Gasteiger partial charge in [-0.1, -0.05) is 0 Å². The quantitative estimate of drug-likeness (QED) is 0.525. The number of hydrogen-bond donors (Lipinski definition) is 3. The van der Waals surface area contributed by atoms with Crippen molar-refractivity contribution in [3.05, 3.63) is 34.2 Å². The van der Waals surface area contributed by atoms with Crippen molar-refractivity contribution in [3.8, 4) is 0 Å². The molecule has 0 atom stereocenters. The first-order valence-electron chi connectivity index (χ1n) is 7.32. The number of amides is 2. The third-order valence-electron chi connectivity index (χ3n) is 3.44.